The van der Waals surface area contributed by atoms with E-state index in [0.717, 1.165) is 19.5 Å². The average molecular weight is 285 g/mol. The summed E-state index contributed by atoms with van der Waals surface area (Å²) in [5.74, 6) is 0.652. The summed E-state index contributed by atoms with van der Waals surface area (Å²) in [6, 6.07) is 11.2. The van der Waals surface area contributed by atoms with Crippen molar-refractivity contribution in [2.75, 3.05) is 13.1 Å². The Bertz CT molecular complexity index is 383. The van der Waals surface area contributed by atoms with Crippen molar-refractivity contribution in [1.82, 2.24) is 4.90 Å². The smallest absolute Gasteiger partial charge is 0.0730 e. The number of benzene rings is 1. The SMILES string of the molecule is C[C@H](c1ccccc1)N1CC[C@@H](CC(N)=S)C1.Cl. The Morgan fingerprint density at radius 3 is 2.72 bits per heavy atom. The molecule has 1 saturated heterocycles. The molecule has 0 aliphatic carbocycles. The second-order valence-electron chi connectivity index (χ2n) is 4.91. The Labute approximate surface area is 121 Å². The van der Waals surface area contributed by atoms with Crippen LogP contribution in [0.5, 0.6) is 0 Å². The van der Waals surface area contributed by atoms with Gasteiger partial charge in [-0.3, -0.25) is 4.90 Å². The van der Waals surface area contributed by atoms with Gasteiger partial charge in [-0.2, -0.15) is 0 Å². The second-order valence-corrected chi connectivity index (χ2v) is 5.43. The molecular weight excluding hydrogens is 264 g/mol. The third-order valence-electron chi connectivity index (χ3n) is 3.64. The number of thiocarbonyl (C=S) groups is 1. The molecule has 4 heteroatoms. The summed E-state index contributed by atoms with van der Waals surface area (Å²) in [6.07, 6.45) is 2.11. The minimum absolute atomic E-state index is 0. The summed E-state index contributed by atoms with van der Waals surface area (Å²) in [4.78, 5) is 3.18. The molecule has 1 aromatic carbocycles. The van der Waals surface area contributed by atoms with Crippen molar-refractivity contribution < 1.29 is 0 Å². The highest BCUT2D eigenvalue weighted by molar-refractivity contribution is 7.80. The zero-order chi connectivity index (χ0) is 12.3. The molecule has 1 aliphatic rings. The first kappa shape index (κ1) is 15.4. The third-order valence-corrected chi connectivity index (χ3v) is 3.80. The molecule has 1 fully saturated rings. The van der Waals surface area contributed by atoms with Gasteiger partial charge in [-0.25, -0.2) is 0 Å². The van der Waals surface area contributed by atoms with Crippen molar-refractivity contribution in [3.63, 3.8) is 0 Å². The van der Waals surface area contributed by atoms with Crippen LogP contribution in [-0.2, 0) is 0 Å². The number of nitrogens with two attached hydrogens (primary N) is 1. The second kappa shape index (κ2) is 7.07. The number of halogens is 1. The molecule has 1 aromatic rings. The molecule has 2 N–H and O–H groups in total. The van der Waals surface area contributed by atoms with Crippen LogP contribution in [0.1, 0.15) is 31.4 Å². The lowest BCUT2D eigenvalue weighted by Crippen LogP contribution is -2.25. The van der Waals surface area contributed by atoms with E-state index in [9.17, 15) is 0 Å². The van der Waals surface area contributed by atoms with Crippen molar-refractivity contribution in [1.29, 1.82) is 0 Å². The van der Waals surface area contributed by atoms with Crippen molar-refractivity contribution >= 4 is 29.6 Å². The van der Waals surface area contributed by atoms with Crippen molar-refractivity contribution in [2.24, 2.45) is 11.7 Å². The predicted octanol–water partition coefficient (Wildman–Crippen LogP) is 3.17. The van der Waals surface area contributed by atoms with Gasteiger partial charge in [0, 0.05) is 19.0 Å². The molecule has 2 atom stereocenters. The van der Waals surface area contributed by atoms with Gasteiger partial charge < -0.3 is 5.73 Å². The van der Waals surface area contributed by atoms with Gasteiger partial charge in [0.05, 0.1) is 4.99 Å². The van der Waals surface area contributed by atoms with Crippen LogP contribution in [0.3, 0.4) is 0 Å². The first-order chi connectivity index (χ1) is 8.16. The molecule has 1 aliphatic heterocycles. The Morgan fingerprint density at radius 2 is 2.11 bits per heavy atom. The highest BCUT2D eigenvalue weighted by atomic mass is 35.5. The van der Waals surface area contributed by atoms with Gasteiger partial charge in [0.15, 0.2) is 0 Å². The van der Waals surface area contributed by atoms with E-state index in [0.29, 0.717) is 16.9 Å². The van der Waals surface area contributed by atoms with Crippen molar-refractivity contribution in [3.8, 4) is 0 Å². The number of hydrogen-bond acceptors (Lipinski definition) is 2. The molecule has 0 aromatic heterocycles. The summed E-state index contributed by atoms with van der Waals surface area (Å²) >= 11 is 4.99. The number of hydrogen-bond donors (Lipinski definition) is 1. The molecule has 2 rings (SSSR count). The van der Waals surface area contributed by atoms with E-state index in [2.05, 4.69) is 42.2 Å². The molecular formula is C14H21ClN2S. The molecule has 0 unspecified atom stereocenters. The van der Waals surface area contributed by atoms with Crippen LogP contribution in [0.15, 0.2) is 30.3 Å². The van der Waals surface area contributed by atoms with Gasteiger partial charge in [-0.15, -0.1) is 12.4 Å². The lowest BCUT2D eigenvalue weighted by atomic mass is 10.0. The van der Waals surface area contributed by atoms with E-state index in [1.54, 1.807) is 0 Å². The highest BCUT2D eigenvalue weighted by Gasteiger charge is 2.26. The maximum Gasteiger partial charge on any atom is 0.0730 e. The average Bonchev–Trinajstić information content (AvgIpc) is 2.77. The maximum absolute atomic E-state index is 5.62. The molecule has 0 bridgehead atoms. The largest absolute Gasteiger partial charge is 0.393 e. The van der Waals surface area contributed by atoms with E-state index >= 15 is 0 Å². The lowest BCUT2D eigenvalue weighted by molar-refractivity contribution is 0.253. The first-order valence-electron chi connectivity index (χ1n) is 6.24. The lowest BCUT2D eigenvalue weighted by Gasteiger charge is -2.24. The van der Waals surface area contributed by atoms with Gasteiger partial charge >= 0.3 is 0 Å². The monoisotopic (exact) mass is 284 g/mol. The molecule has 1 heterocycles. The topological polar surface area (TPSA) is 29.3 Å². The number of nitrogens with zero attached hydrogens (tertiary/aromatic N) is 1. The molecule has 18 heavy (non-hydrogen) atoms. The van der Waals surface area contributed by atoms with Crippen LogP contribution in [0.4, 0.5) is 0 Å². The van der Waals surface area contributed by atoms with Crippen LogP contribution in [-0.4, -0.2) is 23.0 Å². The quantitative estimate of drug-likeness (QED) is 0.861. The highest BCUT2D eigenvalue weighted by Crippen LogP contribution is 2.28. The van der Waals surface area contributed by atoms with Gasteiger partial charge in [0.25, 0.3) is 0 Å². The maximum atomic E-state index is 5.62. The normalized spacial score (nSPS) is 21.3. The number of likely N-dealkylation sites (tertiary alicyclic amines) is 1. The molecule has 0 radical (unpaired) electrons. The van der Waals surface area contributed by atoms with E-state index in [-0.39, 0.29) is 12.4 Å². The van der Waals surface area contributed by atoms with Gasteiger partial charge in [0.1, 0.15) is 0 Å². The predicted molar refractivity (Wildman–Crippen MR) is 83.2 cm³/mol. The standard InChI is InChI=1S/C14H20N2S.ClH/c1-11(13-5-3-2-4-6-13)16-8-7-12(10-16)9-14(15)17;/h2-6,11-12H,7-10H2,1H3,(H2,15,17);1H/t11-,12+;/m1./s1. The van der Waals surface area contributed by atoms with Crippen LogP contribution in [0.25, 0.3) is 0 Å². The van der Waals surface area contributed by atoms with E-state index in [1.807, 2.05) is 0 Å². The van der Waals surface area contributed by atoms with Crippen molar-refractivity contribution in [3.05, 3.63) is 35.9 Å². The summed E-state index contributed by atoms with van der Waals surface area (Å²) in [5, 5.41) is 0. The summed E-state index contributed by atoms with van der Waals surface area (Å²) < 4.78 is 0. The Hall–Kier alpha value is -0.640. The minimum atomic E-state index is 0. The molecule has 2 nitrogen and oxygen atoms in total. The van der Waals surface area contributed by atoms with Crippen LogP contribution in [0.2, 0.25) is 0 Å². The van der Waals surface area contributed by atoms with Crippen LogP contribution >= 0.6 is 24.6 Å². The fourth-order valence-electron chi connectivity index (χ4n) is 2.61. The Balaban J connectivity index is 0.00000162. The molecule has 0 saturated carbocycles. The third kappa shape index (κ3) is 3.94. The van der Waals surface area contributed by atoms with Gasteiger partial charge in [-0.1, -0.05) is 42.5 Å². The zero-order valence-electron chi connectivity index (χ0n) is 10.7. The minimum Gasteiger partial charge on any atom is -0.393 e. The Morgan fingerprint density at radius 1 is 1.44 bits per heavy atom. The van der Waals surface area contributed by atoms with E-state index < -0.39 is 0 Å². The number of rotatable bonds is 4. The van der Waals surface area contributed by atoms with Crippen LogP contribution < -0.4 is 5.73 Å². The fraction of sp³-hybridized carbons (Fsp3) is 0.500. The van der Waals surface area contributed by atoms with Crippen molar-refractivity contribution in [2.45, 2.75) is 25.8 Å². The first-order valence-corrected chi connectivity index (χ1v) is 6.65. The molecule has 100 valence electrons. The van der Waals surface area contributed by atoms with E-state index in [1.165, 1.54) is 12.0 Å². The van der Waals surface area contributed by atoms with Gasteiger partial charge in [-0.05, 0) is 31.4 Å². The fourth-order valence-corrected chi connectivity index (χ4v) is 2.84. The molecule has 0 spiro atoms. The zero-order valence-corrected chi connectivity index (χ0v) is 12.3. The molecule has 0 amide bonds. The van der Waals surface area contributed by atoms with Crippen LogP contribution in [0, 0.1) is 5.92 Å². The summed E-state index contributed by atoms with van der Waals surface area (Å²) in [5.41, 5.74) is 7.01. The Kier molecular flexibility index (Phi) is 6.06. The summed E-state index contributed by atoms with van der Waals surface area (Å²) in [7, 11) is 0. The van der Waals surface area contributed by atoms with E-state index in [4.69, 9.17) is 18.0 Å². The summed E-state index contributed by atoms with van der Waals surface area (Å²) in [6.45, 7) is 4.55. The van der Waals surface area contributed by atoms with Gasteiger partial charge in [0.2, 0.25) is 0 Å².